The van der Waals surface area contributed by atoms with E-state index in [4.69, 9.17) is 4.74 Å². The van der Waals surface area contributed by atoms with Gasteiger partial charge in [-0.05, 0) is 75.2 Å². The van der Waals surface area contributed by atoms with Crippen molar-refractivity contribution in [2.24, 2.45) is 4.99 Å². The van der Waals surface area contributed by atoms with Crippen LogP contribution in [0.1, 0.15) is 52.8 Å². The van der Waals surface area contributed by atoms with Crippen LogP contribution in [-0.4, -0.2) is 32.8 Å². The Labute approximate surface area is 228 Å². The predicted molar refractivity (Wildman–Crippen MR) is 149 cm³/mol. The third-order valence-corrected chi connectivity index (χ3v) is 7.74. The van der Waals surface area contributed by atoms with E-state index in [0.29, 0.717) is 20.6 Å². The summed E-state index contributed by atoms with van der Waals surface area (Å²) >= 11 is 1.28. The van der Waals surface area contributed by atoms with Gasteiger partial charge in [0.1, 0.15) is 0 Å². The molecule has 1 atom stereocenters. The molecule has 0 saturated heterocycles. The number of nitrogens with zero attached hydrogens (tertiary/aromatic N) is 3. The number of aryl methyl sites for hydroxylation is 1. The summed E-state index contributed by atoms with van der Waals surface area (Å²) < 4.78 is 9.43. The number of carboxylic acid groups (broad SMARTS) is 1. The van der Waals surface area contributed by atoms with Crippen molar-refractivity contribution in [2.45, 2.75) is 33.7 Å². The number of fused-ring (bicyclic) bond motifs is 1. The van der Waals surface area contributed by atoms with Gasteiger partial charge in [-0.3, -0.25) is 9.36 Å². The number of carbonyl (C=O) groups excluding carboxylic acids is 1. The second-order valence-corrected chi connectivity index (χ2v) is 10.2. The van der Waals surface area contributed by atoms with Crippen LogP contribution < -0.4 is 14.9 Å². The average molecular weight is 542 g/mol. The minimum absolute atomic E-state index is 0.216. The van der Waals surface area contributed by atoms with Gasteiger partial charge in [-0.2, -0.15) is 0 Å². The molecule has 2 aromatic carbocycles. The topological polar surface area (TPSA) is 103 Å². The average Bonchev–Trinajstić information content (AvgIpc) is 3.37. The van der Waals surface area contributed by atoms with E-state index in [-0.39, 0.29) is 17.7 Å². The largest absolute Gasteiger partial charge is 0.478 e. The lowest BCUT2D eigenvalue weighted by Crippen LogP contribution is -2.39. The molecule has 3 heterocycles. The summed E-state index contributed by atoms with van der Waals surface area (Å²) in [7, 11) is 0. The highest BCUT2D eigenvalue weighted by Crippen LogP contribution is 2.30. The molecule has 0 aliphatic carbocycles. The fourth-order valence-corrected chi connectivity index (χ4v) is 6.01. The van der Waals surface area contributed by atoms with Crippen molar-refractivity contribution >= 4 is 29.4 Å². The van der Waals surface area contributed by atoms with E-state index in [9.17, 15) is 19.5 Å². The summed E-state index contributed by atoms with van der Waals surface area (Å²) in [5.74, 6) is -1.46. The van der Waals surface area contributed by atoms with Crippen LogP contribution in [-0.2, 0) is 9.53 Å². The van der Waals surface area contributed by atoms with Crippen LogP contribution in [0.5, 0.6) is 0 Å². The quantitative estimate of drug-likeness (QED) is 0.373. The molecular weight excluding hydrogens is 514 g/mol. The second kappa shape index (κ2) is 10.3. The van der Waals surface area contributed by atoms with Crippen LogP contribution in [0.15, 0.2) is 81.7 Å². The Balaban J connectivity index is 1.65. The van der Waals surface area contributed by atoms with Crippen molar-refractivity contribution in [1.29, 1.82) is 0 Å². The van der Waals surface area contributed by atoms with E-state index < -0.39 is 18.0 Å². The molecular formula is C30H27N3O5S. The van der Waals surface area contributed by atoms with Crippen molar-refractivity contribution in [3.05, 3.63) is 120 Å². The lowest BCUT2D eigenvalue weighted by atomic mass is 9.96. The summed E-state index contributed by atoms with van der Waals surface area (Å²) in [6.45, 7) is 7.65. The van der Waals surface area contributed by atoms with Gasteiger partial charge in [-0.25, -0.2) is 14.6 Å². The van der Waals surface area contributed by atoms with Crippen LogP contribution >= 0.6 is 11.3 Å². The number of carbonyl (C=O) groups is 2. The maximum Gasteiger partial charge on any atom is 0.338 e. The zero-order chi connectivity index (χ0) is 27.8. The molecule has 9 heteroatoms. The molecule has 5 rings (SSSR count). The third-order valence-electron chi connectivity index (χ3n) is 6.76. The summed E-state index contributed by atoms with van der Waals surface area (Å²) in [6.07, 6.45) is 1.85. The van der Waals surface area contributed by atoms with Gasteiger partial charge in [0.15, 0.2) is 4.80 Å². The van der Waals surface area contributed by atoms with Gasteiger partial charge in [0, 0.05) is 17.1 Å². The molecule has 4 aromatic rings. The van der Waals surface area contributed by atoms with E-state index >= 15 is 0 Å². The fraction of sp³-hybridized carbons (Fsp3) is 0.200. The molecule has 39 heavy (non-hydrogen) atoms. The van der Waals surface area contributed by atoms with E-state index in [1.807, 2.05) is 60.9 Å². The van der Waals surface area contributed by atoms with Gasteiger partial charge in [-0.15, -0.1) is 0 Å². The number of rotatable bonds is 6. The monoisotopic (exact) mass is 541 g/mol. The van der Waals surface area contributed by atoms with Crippen LogP contribution in [0.2, 0.25) is 0 Å². The number of carboxylic acids is 1. The van der Waals surface area contributed by atoms with Crippen LogP contribution in [0.4, 0.5) is 0 Å². The highest BCUT2D eigenvalue weighted by Gasteiger charge is 2.33. The molecule has 0 radical (unpaired) electrons. The standard InChI is InChI=1S/C30H27N3O5S/c1-5-38-29(37)25-18(3)31-30-33(26(25)20-9-7-6-8-10-20)27(34)24(39-30)16-22-15-17(2)32(19(22)4)23-13-11-21(12-14-23)28(35)36/h6-16,26H,5H2,1-4H3,(H,35,36)/b24-16+/t26-/m1/s1. The summed E-state index contributed by atoms with van der Waals surface area (Å²) in [5, 5.41) is 9.22. The van der Waals surface area contributed by atoms with Crippen molar-refractivity contribution in [2.75, 3.05) is 6.61 Å². The number of aromatic nitrogens is 2. The first kappa shape index (κ1) is 26.1. The molecule has 8 nitrogen and oxygen atoms in total. The summed E-state index contributed by atoms with van der Waals surface area (Å²) in [6, 6.07) is 17.4. The number of aromatic carboxylic acids is 1. The maximum atomic E-state index is 13.9. The highest BCUT2D eigenvalue weighted by molar-refractivity contribution is 7.07. The zero-order valence-corrected chi connectivity index (χ0v) is 22.8. The summed E-state index contributed by atoms with van der Waals surface area (Å²) in [4.78, 5) is 43.2. The van der Waals surface area contributed by atoms with Gasteiger partial charge in [-0.1, -0.05) is 41.7 Å². The third kappa shape index (κ3) is 4.66. The Morgan fingerprint density at radius 1 is 1.08 bits per heavy atom. The van der Waals surface area contributed by atoms with E-state index in [0.717, 1.165) is 28.2 Å². The molecule has 0 saturated carbocycles. The molecule has 0 unspecified atom stereocenters. The van der Waals surface area contributed by atoms with Crippen molar-refractivity contribution < 1.29 is 19.4 Å². The Kier molecular flexibility index (Phi) is 6.93. The van der Waals surface area contributed by atoms with Gasteiger partial charge in [0.25, 0.3) is 5.56 Å². The van der Waals surface area contributed by atoms with E-state index in [1.54, 1.807) is 42.7 Å². The van der Waals surface area contributed by atoms with Gasteiger partial charge >= 0.3 is 11.9 Å². The smallest absolute Gasteiger partial charge is 0.338 e. The number of esters is 1. The molecule has 0 amide bonds. The molecule has 198 valence electrons. The molecule has 0 bridgehead atoms. The van der Waals surface area contributed by atoms with Crippen molar-refractivity contribution in [3.63, 3.8) is 0 Å². The van der Waals surface area contributed by atoms with Gasteiger partial charge in [0.05, 0.1) is 34.0 Å². The minimum Gasteiger partial charge on any atom is -0.478 e. The molecule has 1 aliphatic rings. The zero-order valence-electron chi connectivity index (χ0n) is 22.0. The first-order valence-corrected chi connectivity index (χ1v) is 13.3. The Hall–Kier alpha value is -4.50. The number of allylic oxidation sites excluding steroid dienone is 1. The Morgan fingerprint density at radius 2 is 1.77 bits per heavy atom. The molecule has 2 aromatic heterocycles. The minimum atomic E-state index is -0.978. The molecule has 1 N–H and O–H groups in total. The van der Waals surface area contributed by atoms with Gasteiger partial charge in [0.2, 0.25) is 0 Å². The number of benzene rings is 2. The fourth-order valence-electron chi connectivity index (χ4n) is 4.97. The second-order valence-electron chi connectivity index (χ2n) is 9.23. The maximum absolute atomic E-state index is 13.9. The van der Waals surface area contributed by atoms with Crippen molar-refractivity contribution in [1.82, 2.24) is 9.13 Å². The predicted octanol–water partition coefficient (Wildman–Crippen LogP) is 3.90. The molecule has 0 spiro atoms. The summed E-state index contributed by atoms with van der Waals surface area (Å²) in [5.41, 5.74) is 5.19. The van der Waals surface area contributed by atoms with Crippen LogP contribution in [0.25, 0.3) is 11.8 Å². The van der Waals surface area contributed by atoms with Gasteiger partial charge < -0.3 is 14.4 Å². The first-order valence-electron chi connectivity index (χ1n) is 12.5. The normalized spacial score (nSPS) is 15.2. The number of ether oxygens (including phenoxy) is 1. The van der Waals surface area contributed by atoms with Crippen molar-refractivity contribution in [3.8, 4) is 5.69 Å². The van der Waals surface area contributed by atoms with Crippen LogP contribution in [0, 0.1) is 13.8 Å². The Morgan fingerprint density at radius 3 is 2.41 bits per heavy atom. The SMILES string of the molecule is CCOC(=O)C1=C(C)N=c2s/c(=C/c3cc(C)n(-c4ccc(C(=O)O)cc4)c3C)c(=O)n2[C@@H]1c1ccccc1. The lowest BCUT2D eigenvalue weighted by Gasteiger charge is -2.24. The number of thiazole rings is 1. The Bertz CT molecular complexity index is 1810. The van der Waals surface area contributed by atoms with Crippen LogP contribution in [0.3, 0.4) is 0 Å². The number of hydrogen-bond donors (Lipinski definition) is 1. The first-order chi connectivity index (χ1) is 18.7. The van der Waals surface area contributed by atoms with E-state index in [2.05, 4.69) is 4.99 Å². The molecule has 1 aliphatic heterocycles. The lowest BCUT2D eigenvalue weighted by molar-refractivity contribution is -0.139. The highest BCUT2D eigenvalue weighted by atomic mass is 32.1. The number of hydrogen-bond acceptors (Lipinski definition) is 6. The molecule has 0 fully saturated rings. The van der Waals surface area contributed by atoms with E-state index in [1.165, 1.54) is 11.3 Å².